The molecule has 0 saturated carbocycles. The fourth-order valence-corrected chi connectivity index (χ4v) is 2.22. The van der Waals surface area contributed by atoms with Gasteiger partial charge < -0.3 is 16.8 Å². The Labute approximate surface area is 126 Å². The molecule has 4 nitrogen and oxygen atoms in total. The van der Waals surface area contributed by atoms with E-state index in [-0.39, 0.29) is 6.04 Å². The van der Waals surface area contributed by atoms with Crippen LogP contribution in [0.15, 0.2) is 46.9 Å². The van der Waals surface area contributed by atoms with E-state index in [9.17, 15) is 4.79 Å². The summed E-state index contributed by atoms with van der Waals surface area (Å²) in [4.78, 5) is 11.5. The number of nitrogens with two attached hydrogens (primary N) is 2. The minimum absolute atomic E-state index is 0.0461. The molecule has 0 saturated heterocycles. The van der Waals surface area contributed by atoms with Gasteiger partial charge in [-0.05, 0) is 42.8 Å². The number of nitrogen functional groups attached to an aromatic ring is 1. The van der Waals surface area contributed by atoms with Crippen molar-refractivity contribution in [2.45, 2.75) is 13.0 Å². The minimum atomic E-state index is -0.497. The number of halogens is 1. The zero-order chi connectivity index (χ0) is 14.7. The van der Waals surface area contributed by atoms with Crippen LogP contribution in [-0.2, 0) is 0 Å². The molecule has 0 bridgehead atoms. The fourth-order valence-electron chi connectivity index (χ4n) is 1.96. The number of carbonyl (C=O) groups is 1. The lowest BCUT2D eigenvalue weighted by atomic mass is 10.1. The molecular weight excluding hydrogens is 318 g/mol. The molecule has 0 aliphatic heterocycles. The van der Waals surface area contributed by atoms with Crippen molar-refractivity contribution in [1.29, 1.82) is 0 Å². The second-order valence-corrected chi connectivity index (χ2v) is 5.50. The summed E-state index contributed by atoms with van der Waals surface area (Å²) in [6.45, 7) is 2.02. The highest BCUT2D eigenvalue weighted by molar-refractivity contribution is 9.10. The molecule has 1 amide bonds. The molecule has 0 aliphatic rings. The number of nitrogens with one attached hydrogen (secondary N) is 1. The molecule has 5 N–H and O–H groups in total. The van der Waals surface area contributed by atoms with Crippen molar-refractivity contribution in [3.05, 3.63) is 58.1 Å². The van der Waals surface area contributed by atoms with Gasteiger partial charge in [-0.15, -0.1) is 0 Å². The van der Waals surface area contributed by atoms with E-state index in [0.717, 1.165) is 10.0 Å². The number of primary amides is 1. The van der Waals surface area contributed by atoms with Crippen molar-refractivity contribution in [2.75, 3.05) is 11.1 Å². The number of hydrogen-bond acceptors (Lipinski definition) is 3. The molecular formula is C15H16BrN3O. The molecule has 2 aromatic rings. The lowest BCUT2D eigenvalue weighted by Gasteiger charge is -2.18. The van der Waals surface area contributed by atoms with E-state index in [1.807, 2.05) is 31.2 Å². The molecule has 0 heterocycles. The first-order valence-electron chi connectivity index (χ1n) is 6.18. The number of rotatable bonds is 4. The maximum Gasteiger partial charge on any atom is 0.250 e. The van der Waals surface area contributed by atoms with Crippen molar-refractivity contribution in [1.82, 2.24) is 0 Å². The number of benzene rings is 2. The molecule has 0 aliphatic carbocycles. The SMILES string of the molecule is CC(Nc1ccc(N)cc1C(N)=O)c1ccc(Br)cc1. The lowest BCUT2D eigenvalue weighted by Crippen LogP contribution is -2.16. The Bertz CT molecular complexity index is 626. The van der Waals surface area contributed by atoms with Gasteiger partial charge in [0.15, 0.2) is 0 Å². The Kier molecular flexibility index (Phi) is 4.29. The van der Waals surface area contributed by atoms with Crippen LogP contribution in [0.1, 0.15) is 28.9 Å². The van der Waals surface area contributed by atoms with Crippen molar-refractivity contribution in [3.8, 4) is 0 Å². The molecule has 0 fully saturated rings. The smallest absolute Gasteiger partial charge is 0.250 e. The molecule has 2 aromatic carbocycles. The molecule has 1 atom stereocenters. The van der Waals surface area contributed by atoms with E-state index >= 15 is 0 Å². The summed E-state index contributed by atoms with van der Waals surface area (Å²) in [5.74, 6) is -0.497. The summed E-state index contributed by atoms with van der Waals surface area (Å²) in [5, 5.41) is 3.28. The second-order valence-electron chi connectivity index (χ2n) is 4.59. The topological polar surface area (TPSA) is 81.1 Å². The van der Waals surface area contributed by atoms with Gasteiger partial charge in [0.25, 0.3) is 5.91 Å². The summed E-state index contributed by atoms with van der Waals surface area (Å²) < 4.78 is 1.03. The summed E-state index contributed by atoms with van der Waals surface area (Å²) in [7, 11) is 0. The zero-order valence-corrected chi connectivity index (χ0v) is 12.6. The molecule has 0 spiro atoms. The van der Waals surface area contributed by atoms with Crippen LogP contribution < -0.4 is 16.8 Å². The van der Waals surface area contributed by atoms with Crippen LogP contribution in [0.4, 0.5) is 11.4 Å². The van der Waals surface area contributed by atoms with Gasteiger partial charge in [-0.25, -0.2) is 0 Å². The van der Waals surface area contributed by atoms with Crippen LogP contribution in [-0.4, -0.2) is 5.91 Å². The van der Waals surface area contributed by atoms with Gasteiger partial charge in [0.05, 0.1) is 5.56 Å². The van der Waals surface area contributed by atoms with Crippen molar-refractivity contribution in [3.63, 3.8) is 0 Å². The van der Waals surface area contributed by atoms with Crippen molar-refractivity contribution < 1.29 is 4.79 Å². The van der Waals surface area contributed by atoms with E-state index in [2.05, 4.69) is 21.2 Å². The van der Waals surface area contributed by atoms with Crippen LogP contribution in [0.5, 0.6) is 0 Å². The summed E-state index contributed by atoms with van der Waals surface area (Å²) >= 11 is 3.40. The van der Waals surface area contributed by atoms with Gasteiger partial charge in [0.1, 0.15) is 0 Å². The maximum absolute atomic E-state index is 11.5. The second kappa shape index (κ2) is 5.96. The van der Waals surface area contributed by atoms with Crippen LogP contribution in [0, 0.1) is 0 Å². The van der Waals surface area contributed by atoms with Crippen LogP contribution >= 0.6 is 15.9 Å². The summed E-state index contributed by atoms with van der Waals surface area (Å²) in [6.07, 6.45) is 0. The van der Waals surface area contributed by atoms with Gasteiger partial charge in [-0.2, -0.15) is 0 Å². The van der Waals surface area contributed by atoms with Crippen LogP contribution in [0.25, 0.3) is 0 Å². The fraction of sp³-hybridized carbons (Fsp3) is 0.133. The molecule has 5 heteroatoms. The van der Waals surface area contributed by atoms with Gasteiger partial charge in [0.2, 0.25) is 0 Å². The largest absolute Gasteiger partial charge is 0.399 e. The van der Waals surface area contributed by atoms with Crippen molar-refractivity contribution >= 4 is 33.2 Å². The van der Waals surface area contributed by atoms with Crippen LogP contribution in [0.2, 0.25) is 0 Å². The van der Waals surface area contributed by atoms with E-state index in [1.54, 1.807) is 18.2 Å². The Hall–Kier alpha value is -2.01. The highest BCUT2D eigenvalue weighted by Gasteiger charge is 2.12. The molecule has 2 rings (SSSR count). The Balaban J connectivity index is 2.25. The number of anilines is 2. The third kappa shape index (κ3) is 3.30. The Morgan fingerprint density at radius 3 is 2.45 bits per heavy atom. The van der Waals surface area contributed by atoms with Crippen molar-refractivity contribution in [2.24, 2.45) is 5.73 Å². The third-order valence-corrected chi connectivity index (χ3v) is 3.58. The average molecular weight is 334 g/mol. The van der Waals surface area contributed by atoms with Crippen LogP contribution in [0.3, 0.4) is 0 Å². The molecule has 20 heavy (non-hydrogen) atoms. The first-order valence-corrected chi connectivity index (χ1v) is 6.98. The first kappa shape index (κ1) is 14.4. The minimum Gasteiger partial charge on any atom is -0.399 e. The zero-order valence-electron chi connectivity index (χ0n) is 11.1. The number of carbonyl (C=O) groups excluding carboxylic acids is 1. The van der Waals surface area contributed by atoms with Gasteiger partial charge in [-0.1, -0.05) is 28.1 Å². The normalized spacial score (nSPS) is 11.9. The third-order valence-electron chi connectivity index (χ3n) is 3.05. The molecule has 104 valence electrons. The molecule has 0 radical (unpaired) electrons. The first-order chi connectivity index (χ1) is 9.47. The van der Waals surface area contributed by atoms with Gasteiger partial charge >= 0.3 is 0 Å². The van der Waals surface area contributed by atoms with Gasteiger partial charge in [-0.3, -0.25) is 4.79 Å². The van der Waals surface area contributed by atoms with E-state index in [1.165, 1.54) is 0 Å². The number of hydrogen-bond donors (Lipinski definition) is 3. The summed E-state index contributed by atoms with van der Waals surface area (Å²) in [5.41, 5.74) is 13.8. The molecule has 1 unspecified atom stereocenters. The lowest BCUT2D eigenvalue weighted by molar-refractivity contribution is 0.100. The highest BCUT2D eigenvalue weighted by Crippen LogP contribution is 2.25. The Morgan fingerprint density at radius 2 is 1.85 bits per heavy atom. The Morgan fingerprint density at radius 1 is 1.20 bits per heavy atom. The average Bonchev–Trinajstić information content (AvgIpc) is 2.41. The predicted molar refractivity (Wildman–Crippen MR) is 85.6 cm³/mol. The monoisotopic (exact) mass is 333 g/mol. The quantitative estimate of drug-likeness (QED) is 0.751. The van der Waals surface area contributed by atoms with E-state index in [0.29, 0.717) is 16.9 Å². The summed E-state index contributed by atoms with van der Waals surface area (Å²) in [6, 6.07) is 13.1. The van der Waals surface area contributed by atoms with E-state index < -0.39 is 5.91 Å². The number of amides is 1. The van der Waals surface area contributed by atoms with Gasteiger partial charge in [0, 0.05) is 21.9 Å². The predicted octanol–water partition coefficient (Wildman–Crippen LogP) is 3.30. The highest BCUT2D eigenvalue weighted by atomic mass is 79.9. The maximum atomic E-state index is 11.5. The standard InChI is InChI=1S/C15H16BrN3O/c1-9(10-2-4-11(16)5-3-10)19-14-7-6-12(17)8-13(14)15(18)20/h2-9,19H,17H2,1H3,(H2,18,20). The molecule has 0 aromatic heterocycles. The van der Waals surface area contributed by atoms with E-state index in [4.69, 9.17) is 11.5 Å².